The number of hydrogen-bond donors (Lipinski definition) is 0. The molecule has 0 saturated carbocycles. The Labute approximate surface area is 153 Å². The number of nitriles is 1. The standard InChI is InChI=1S/C4H10O3P.CH2BN.3Na/c1-3-8(5,6,7)4-2;2-1-3;;;/h3-4H2,1-2H3;2H2;;;/q-3;;3*+1. The van der Waals surface area contributed by atoms with Gasteiger partial charge in [-0.3, -0.25) is 0 Å². The second-order valence-corrected chi connectivity index (χ2v) is 5.79. The molecule has 0 atom stereocenters. The van der Waals surface area contributed by atoms with Gasteiger partial charge in [-0.2, -0.15) is 0 Å². The molecule has 0 aliphatic carbocycles. The molecule has 14 heavy (non-hydrogen) atoms. The molecule has 0 rings (SSSR count). The molecule has 0 heterocycles. The van der Waals surface area contributed by atoms with Gasteiger partial charge in [-0.25, -0.2) is 5.26 Å². The van der Waals surface area contributed by atoms with Crippen molar-refractivity contribution in [3.05, 3.63) is 0 Å². The Balaban J connectivity index is -0.0000000405. The average Bonchev–Trinajstić information content (AvgIpc) is 1.90. The molecule has 4 nitrogen and oxygen atoms in total. The van der Waals surface area contributed by atoms with E-state index in [9.17, 15) is 14.7 Å². The van der Waals surface area contributed by atoms with Crippen LogP contribution in [0.3, 0.4) is 0 Å². The Kier molecular flexibility index (Phi) is 30.0. The Hall–Kier alpha value is 2.86. The van der Waals surface area contributed by atoms with E-state index in [1.807, 2.05) is 0 Å². The first-order chi connectivity index (χ1) is 4.80. The van der Waals surface area contributed by atoms with E-state index in [0.29, 0.717) is 0 Å². The van der Waals surface area contributed by atoms with Crippen LogP contribution in [0.15, 0.2) is 0 Å². The molecular weight excluding hydrogens is 233 g/mol. The fourth-order valence-corrected chi connectivity index (χ4v) is 0.671. The fourth-order valence-electron chi connectivity index (χ4n) is 0.224. The van der Waals surface area contributed by atoms with Crippen molar-refractivity contribution in [1.29, 1.82) is 5.26 Å². The molecule has 66 valence electrons. The normalized spacial score (nSPS) is 10.4. The van der Waals surface area contributed by atoms with Crippen molar-refractivity contribution in [2.45, 2.75) is 13.8 Å². The minimum absolute atomic E-state index is 0. The van der Waals surface area contributed by atoms with Crippen LogP contribution < -0.4 is 103 Å². The Morgan fingerprint density at radius 3 is 1.21 bits per heavy atom. The van der Waals surface area contributed by atoms with Gasteiger partial charge in [0.2, 0.25) is 7.85 Å². The summed E-state index contributed by atoms with van der Waals surface area (Å²) in [6.07, 6.45) is -0.551. The van der Waals surface area contributed by atoms with Crippen LogP contribution in [0.2, 0.25) is 0 Å². The maximum absolute atomic E-state index is 10.4. The molecular formula is C5H12BNNa3O3P. The molecule has 0 aliphatic rings. The van der Waals surface area contributed by atoms with E-state index in [-0.39, 0.29) is 101 Å². The number of rotatable bonds is 2. The van der Waals surface area contributed by atoms with E-state index in [1.165, 1.54) is 21.7 Å². The van der Waals surface area contributed by atoms with E-state index in [4.69, 9.17) is 5.26 Å². The molecule has 0 unspecified atom stereocenters. The SMILES string of the molecule is BC#N.CCP([O-])([O-])([O-])CC.[Na+].[Na+].[Na+]. The molecule has 0 aromatic carbocycles. The quantitative estimate of drug-likeness (QED) is 0.356. The second kappa shape index (κ2) is 13.9. The van der Waals surface area contributed by atoms with Crippen molar-refractivity contribution in [2.75, 3.05) is 12.3 Å². The van der Waals surface area contributed by atoms with E-state index in [1.54, 1.807) is 5.97 Å². The first kappa shape index (κ1) is 30.2. The van der Waals surface area contributed by atoms with Gasteiger partial charge in [0.25, 0.3) is 0 Å². The van der Waals surface area contributed by atoms with Crippen LogP contribution in [0.1, 0.15) is 13.8 Å². The van der Waals surface area contributed by atoms with Crippen LogP contribution in [0.4, 0.5) is 0 Å². The second-order valence-electron chi connectivity index (χ2n) is 2.08. The van der Waals surface area contributed by atoms with Crippen LogP contribution >= 0.6 is 7.28 Å². The summed E-state index contributed by atoms with van der Waals surface area (Å²) in [6.45, 7) is 2.74. The van der Waals surface area contributed by atoms with Crippen molar-refractivity contribution >= 4 is 15.1 Å². The smallest absolute Gasteiger partial charge is 1.00 e. The predicted octanol–water partition coefficient (Wildman–Crippen LogP) is -11.5. The van der Waals surface area contributed by atoms with Gasteiger partial charge in [-0.05, 0) is 5.97 Å². The van der Waals surface area contributed by atoms with Gasteiger partial charge in [0.15, 0.2) is 0 Å². The number of hydrogen-bond acceptors (Lipinski definition) is 4. The first-order valence-corrected chi connectivity index (χ1v) is 5.68. The summed E-state index contributed by atoms with van der Waals surface area (Å²) in [7, 11) is -3.42. The zero-order valence-electron chi connectivity index (χ0n) is 10.0. The summed E-state index contributed by atoms with van der Waals surface area (Å²) in [6, 6.07) is 0. The Bertz CT molecular complexity index is 151. The van der Waals surface area contributed by atoms with Gasteiger partial charge < -0.3 is 0 Å². The minimum Gasteiger partial charge on any atom is 1.00 e. The van der Waals surface area contributed by atoms with Gasteiger partial charge >= 0.3 is 137 Å². The molecule has 0 aromatic heterocycles. The van der Waals surface area contributed by atoms with Crippen molar-refractivity contribution in [3.8, 4) is 5.97 Å². The summed E-state index contributed by atoms with van der Waals surface area (Å²) in [4.78, 5) is 31.3. The van der Waals surface area contributed by atoms with E-state index in [0.717, 1.165) is 0 Å². The summed E-state index contributed by atoms with van der Waals surface area (Å²) in [5.74, 6) is 1.75. The maximum atomic E-state index is 10.4. The van der Waals surface area contributed by atoms with Gasteiger partial charge in [-0.15, -0.1) is 0 Å². The van der Waals surface area contributed by atoms with E-state index >= 15 is 0 Å². The van der Waals surface area contributed by atoms with Crippen LogP contribution in [0.5, 0.6) is 0 Å². The van der Waals surface area contributed by atoms with E-state index in [2.05, 4.69) is 0 Å². The van der Waals surface area contributed by atoms with Crippen LogP contribution in [-0.4, -0.2) is 20.2 Å². The van der Waals surface area contributed by atoms with Crippen molar-refractivity contribution in [2.24, 2.45) is 0 Å². The molecule has 0 aromatic rings. The first-order valence-electron chi connectivity index (χ1n) is 3.32. The number of nitrogens with zero attached hydrogens (tertiary/aromatic N) is 1. The monoisotopic (exact) mass is 245 g/mol. The summed E-state index contributed by atoms with van der Waals surface area (Å²) >= 11 is 0. The molecule has 0 bridgehead atoms. The van der Waals surface area contributed by atoms with E-state index < -0.39 is 7.28 Å². The molecule has 9 heteroatoms. The van der Waals surface area contributed by atoms with Crippen molar-refractivity contribution < 1.29 is 103 Å². The van der Waals surface area contributed by atoms with Crippen LogP contribution in [0.25, 0.3) is 0 Å². The third-order valence-corrected chi connectivity index (χ3v) is 3.67. The predicted molar refractivity (Wildman–Crippen MR) is 42.2 cm³/mol. The average molecular weight is 245 g/mol. The molecule has 0 radical (unpaired) electrons. The zero-order chi connectivity index (χ0) is 9.57. The van der Waals surface area contributed by atoms with Crippen LogP contribution in [-0.2, 0) is 0 Å². The Morgan fingerprint density at radius 1 is 1.07 bits per heavy atom. The molecule has 0 spiro atoms. The van der Waals surface area contributed by atoms with Gasteiger partial charge in [0.05, 0.1) is 0 Å². The summed E-state index contributed by atoms with van der Waals surface area (Å²) in [5.41, 5.74) is 0. The van der Waals surface area contributed by atoms with Crippen molar-refractivity contribution in [3.63, 3.8) is 0 Å². The van der Waals surface area contributed by atoms with Crippen LogP contribution in [0, 0.1) is 11.2 Å². The Morgan fingerprint density at radius 2 is 1.21 bits per heavy atom. The minimum atomic E-state index is -4.85. The largest absolute Gasteiger partial charge is 1.00 e. The van der Waals surface area contributed by atoms with Gasteiger partial charge in [0, 0.05) is 0 Å². The fraction of sp³-hybridized carbons (Fsp3) is 0.800. The zero-order valence-corrected chi connectivity index (χ0v) is 16.9. The van der Waals surface area contributed by atoms with Gasteiger partial charge in [-0.1, -0.05) is 0 Å². The third-order valence-electron chi connectivity index (χ3n) is 1.22. The molecule has 0 saturated heterocycles. The van der Waals surface area contributed by atoms with Gasteiger partial charge in [0.1, 0.15) is 0 Å². The molecule has 0 aliphatic heterocycles. The summed E-state index contributed by atoms with van der Waals surface area (Å²) < 4.78 is 0. The topological polar surface area (TPSA) is 93.0 Å². The third kappa shape index (κ3) is 24.2. The van der Waals surface area contributed by atoms with Crippen molar-refractivity contribution in [1.82, 2.24) is 0 Å². The maximum Gasteiger partial charge on any atom is 1.00 e. The molecule has 0 amide bonds. The summed E-state index contributed by atoms with van der Waals surface area (Å²) in [5, 5.41) is 7.32. The molecule has 0 N–H and O–H groups in total. The molecule has 0 fully saturated rings.